The number of hydrogen-bond acceptors (Lipinski definition) is 9. The van der Waals surface area contributed by atoms with Crippen LogP contribution in [0, 0.1) is 0 Å². The van der Waals surface area contributed by atoms with E-state index < -0.39 is 0 Å². The molecule has 1 aliphatic rings. The van der Waals surface area contributed by atoms with Crippen LogP contribution in [0.2, 0.25) is 0 Å². The fraction of sp³-hybridized carbons (Fsp3) is 0.333. The first-order valence-electron chi connectivity index (χ1n) is 11.0. The van der Waals surface area contributed by atoms with Crippen LogP contribution in [-0.2, 0) is 11.2 Å². The first-order valence-corrected chi connectivity index (χ1v) is 11.0. The fourth-order valence-corrected chi connectivity index (χ4v) is 4.09. The van der Waals surface area contributed by atoms with E-state index >= 15 is 0 Å². The Morgan fingerprint density at radius 3 is 2.64 bits per heavy atom. The Bertz CT molecular complexity index is 1220. The number of pyridine rings is 2. The number of benzene rings is 1. The molecule has 4 heterocycles. The second-order valence-electron chi connectivity index (χ2n) is 8.02. The predicted octanol–water partition coefficient (Wildman–Crippen LogP) is 2.74. The molecule has 33 heavy (non-hydrogen) atoms. The number of aromatic hydroxyl groups is 1. The van der Waals surface area contributed by atoms with Gasteiger partial charge in [0.15, 0.2) is 11.4 Å². The summed E-state index contributed by atoms with van der Waals surface area (Å²) in [6.07, 6.45) is 2.17. The number of hydrogen-bond donors (Lipinski definition) is 1. The highest BCUT2D eigenvalue weighted by molar-refractivity contribution is 5.97. The molecular weight excluding hydrogens is 420 g/mol. The van der Waals surface area contributed by atoms with Gasteiger partial charge >= 0.3 is 0 Å². The maximum absolute atomic E-state index is 11.0. The molecule has 0 unspecified atom stereocenters. The average molecular weight is 447 g/mol. The summed E-state index contributed by atoms with van der Waals surface area (Å²) in [5.74, 6) is 1.36. The molecule has 170 valence electrons. The Morgan fingerprint density at radius 1 is 1.03 bits per heavy atom. The topological polar surface area (TPSA) is 101 Å². The number of anilines is 1. The highest BCUT2D eigenvalue weighted by Crippen LogP contribution is 2.37. The zero-order chi connectivity index (χ0) is 22.6. The molecule has 1 aromatic carbocycles. The van der Waals surface area contributed by atoms with E-state index in [1.807, 2.05) is 42.5 Å². The molecule has 9 nitrogen and oxygen atoms in total. The summed E-state index contributed by atoms with van der Waals surface area (Å²) >= 11 is 0. The molecule has 0 aliphatic carbocycles. The van der Waals surface area contributed by atoms with E-state index in [9.17, 15) is 5.11 Å². The summed E-state index contributed by atoms with van der Waals surface area (Å²) in [5.41, 5.74) is 1.80. The maximum atomic E-state index is 11.0. The highest BCUT2D eigenvalue weighted by atomic mass is 16.5. The second-order valence-corrected chi connectivity index (χ2v) is 8.02. The molecule has 1 saturated heterocycles. The number of rotatable bonds is 7. The lowest BCUT2D eigenvalue weighted by molar-refractivity contribution is 0.144. The highest BCUT2D eigenvalue weighted by Gasteiger charge is 2.25. The van der Waals surface area contributed by atoms with E-state index in [4.69, 9.17) is 14.1 Å². The van der Waals surface area contributed by atoms with Crippen molar-refractivity contribution in [2.45, 2.75) is 6.42 Å². The van der Waals surface area contributed by atoms with E-state index in [-0.39, 0.29) is 17.3 Å². The van der Waals surface area contributed by atoms with Crippen LogP contribution in [0.3, 0.4) is 0 Å². The number of aromatic nitrogens is 4. The van der Waals surface area contributed by atoms with E-state index in [1.165, 1.54) is 0 Å². The van der Waals surface area contributed by atoms with Gasteiger partial charge in [-0.2, -0.15) is 0 Å². The summed E-state index contributed by atoms with van der Waals surface area (Å²) in [7, 11) is 1.72. The largest absolute Gasteiger partial charge is 0.504 e. The van der Waals surface area contributed by atoms with Crippen molar-refractivity contribution in [1.29, 1.82) is 0 Å². The zero-order valence-electron chi connectivity index (χ0n) is 18.5. The van der Waals surface area contributed by atoms with Crippen LogP contribution in [0.4, 0.5) is 5.82 Å². The Kier molecular flexibility index (Phi) is 6.14. The quantitative estimate of drug-likeness (QED) is 0.459. The van der Waals surface area contributed by atoms with Crippen LogP contribution in [0.1, 0.15) is 11.5 Å². The van der Waals surface area contributed by atoms with E-state index in [1.54, 1.807) is 13.3 Å². The minimum absolute atomic E-state index is 0.0528. The Labute approximate surface area is 191 Å². The lowest BCUT2D eigenvalue weighted by Crippen LogP contribution is -2.47. The molecule has 0 saturated carbocycles. The average Bonchev–Trinajstić information content (AvgIpc) is 3.32. The molecule has 3 aromatic heterocycles. The van der Waals surface area contributed by atoms with Gasteiger partial charge < -0.3 is 19.2 Å². The maximum Gasteiger partial charge on any atom is 0.270 e. The number of methoxy groups -OCH3 is 1. The normalized spacial score (nSPS) is 14.8. The Hall–Kier alpha value is -3.56. The van der Waals surface area contributed by atoms with Crippen molar-refractivity contribution in [2.24, 2.45) is 0 Å². The van der Waals surface area contributed by atoms with Crippen LogP contribution in [0.5, 0.6) is 5.75 Å². The molecule has 1 N–H and O–H groups in total. The van der Waals surface area contributed by atoms with Crippen molar-refractivity contribution < 1.29 is 14.3 Å². The number of fused-ring (bicyclic) bond motifs is 1. The van der Waals surface area contributed by atoms with Crippen molar-refractivity contribution in [3.63, 3.8) is 0 Å². The van der Waals surface area contributed by atoms with Gasteiger partial charge in [-0.05, 0) is 17.7 Å². The van der Waals surface area contributed by atoms with Gasteiger partial charge in [0.2, 0.25) is 5.89 Å². The van der Waals surface area contributed by atoms with Gasteiger partial charge in [-0.3, -0.25) is 9.88 Å². The van der Waals surface area contributed by atoms with Crippen molar-refractivity contribution in [3.05, 3.63) is 60.1 Å². The lowest BCUT2D eigenvalue weighted by Gasteiger charge is -2.35. The standard InChI is InChI=1S/C24H26N6O3/c1-32-15-14-29-10-12-30(13-11-29)23-18-8-5-9-25-20(18)22(31)21(26-23)24-28-27-19(33-24)16-17-6-3-2-4-7-17/h2-9,31H,10-16H2,1H3. The second kappa shape index (κ2) is 9.51. The minimum Gasteiger partial charge on any atom is -0.504 e. The molecule has 0 atom stereocenters. The molecule has 9 heteroatoms. The molecule has 0 radical (unpaired) electrons. The van der Waals surface area contributed by atoms with E-state index in [0.717, 1.165) is 56.1 Å². The zero-order valence-corrected chi connectivity index (χ0v) is 18.5. The van der Waals surface area contributed by atoms with Gasteiger partial charge in [-0.25, -0.2) is 4.98 Å². The van der Waals surface area contributed by atoms with Gasteiger partial charge in [0.1, 0.15) is 11.3 Å². The number of nitrogens with zero attached hydrogens (tertiary/aromatic N) is 6. The van der Waals surface area contributed by atoms with E-state index in [2.05, 4.69) is 25.0 Å². The summed E-state index contributed by atoms with van der Waals surface area (Å²) in [6, 6.07) is 13.7. The molecule has 4 aromatic rings. The molecule has 0 spiro atoms. The SMILES string of the molecule is COCCN1CCN(c2nc(-c3nnc(Cc4ccccc4)o3)c(O)c3ncccc23)CC1. The van der Waals surface area contributed by atoms with Crippen LogP contribution < -0.4 is 4.90 Å². The van der Waals surface area contributed by atoms with Crippen LogP contribution in [-0.4, -0.2) is 76.6 Å². The predicted molar refractivity (Wildman–Crippen MR) is 124 cm³/mol. The van der Waals surface area contributed by atoms with Crippen molar-refractivity contribution in [2.75, 3.05) is 51.3 Å². The Balaban J connectivity index is 1.46. The van der Waals surface area contributed by atoms with Gasteiger partial charge in [0.05, 0.1) is 13.0 Å². The number of piperazine rings is 1. The first-order chi connectivity index (χ1) is 16.2. The fourth-order valence-electron chi connectivity index (χ4n) is 4.09. The van der Waals surface area contributed by atoms with Crippen molar-refractivity contribution in [3.8, 4) is 17.3 Å². The monoisotopic (exact) mass is 446 g/mol. The van der Waals surface area contributed by atoms with Gasteiger partial charge in [-0.1, -0.05) is 30.3 Å². The van der Waals surface area contributed by atoms with Gasteiger partial charge in [0, 0.05) is 51.4 Å². The number of ether oxygens (including phenoxy) is 1. The van der Waals surface area contributed by atoms with Crippen LogP contribution in [0.15, 0.2) is 53.1 Å². The van der Waals surface area contributed by atoms with Crippen molar-refractivity contribution in [1.82, 2.24) is 25.1 Å². The molecule has 1 fully saturated rings. The molecular formula is C24H26N6O3. The van der Waals surface area contributed by atoms with Gasteiger partial charge in [-0.15, -0.1) is 10.2 Å². The summed E-state index contributed by atoms with van der Waals surface area (Å²) in [6.45, 7) is 5.07. The van der Waals surface area contributed by atoms with E-state index in [0.29, 0.717) is 17.8 Å². The summed E-state index contributed by atoms with van der Waals surface area (Å²) in [5, 5.41) is 20.1. The molecule has 0 amide bonds. The lowest BCUT2D eigenvalue weighted by atomic mass is 10.1. The smallest absolute Gasteiger partial charge is 0.270 e. The third-order valence-electron chi connectivity index (χ3n) is 5.87. The van der Waals surface area contributed by atoms with Crippen LogP contribution >= 0.6 is 0 Å². The third-order valence-corrected chi connectivity index (χ3v) is 5.87. The first kappa shape index (κ1) is 21.3. The molecule has 1 aliphatic heterocycles. The third kappa shape index (κ3) is 4.50. The Morgan fingerprint density at radius 2 is 1.85 bits per heavy atom. The summed E-state index contributed by atoms with van der Waals surface area (Å²) < 4.78 is 11.1. The van der Waals surface area contributed by atoms with Gasteiger partial charge in [0.25, 0.3) is 5.89 Å². The van der Waals surface area contributed by atoms with Crippen LogP contribution in [0.25, 0.3) is 22.5 Å². The summed E-state index contributed by atoms with van der Waals surface area (Å²) in [4.78, 5) is 13.8. The minimum atomic E-state index is -0.0528. The molecule has 5 rings (SSSR count). The van der Waals surface area contributed by atoms with Crippen molar-refractivity contribution >= 4 is 16.7 Å². The molecule has 0 bridgehead atoms.